The van der Waals surface area contributed by atoms with E-state index in [2.05, 4.69) is 46.4 Å². The first-order valence-corrected chi connectivity index (χ1v) is 8.15. The summed E-state index contributed by atoms with van der Waals surface area (Å²) in [5.74, 6) is 0.959. The van der Waals surface area contributed by atoms with E-state index in [1.54, 1.807) is 0 Å². The quantitative estimate of drug-likeness (QED) is 0.476. The molecule has 0 unspecified atom stereocenters. The molecule has 0 aliphatic rings. The van der Waals surface area contributed by atoms with Gasteiger partial charge < -0.3 is 4.90 Å². The monoisotopic (exact) mass is 255 g/mol. The highest BCUT2D eigenvalue weighted by Gasteiger charge is 2.14. The third-order valence-corrected chi connectivity index (χ3v) is 4.11. The van der Waals surface area contributed by atoms with Gasteiger partial charge in [-0.05, 0) is 50.2 Å². The first-order valence-electron chi connectivity index (χ1n) is 8.15. The molecule has 0 amide bonds. The third-order valence-electron chi connectivity index (χ3n) is 4.11. The molecule has 110 valence electrons. The molecular weight excluding hydrogens is 218 g/mol. The second-order valence-electron chi connectivity index (χ2n) is 6.90. The second kappa shape index (κ2) is 9.83. The largest absolute Gasteiger partial charge is 0.304 e. The maximum atomic E-state index is 2.54. The highest BCUT2D eigenvalue weighted by Crippen LogP contribution is 2.27. The smallest absolute Gasteiger partial charge is 0.00190 e. The SMILES string of the molecule is CC[C@H](CCCCN(CC)CC)CCC(C)(C)C. The van der Waals surface area contributed by atoms with Crippen molar-refractivity contribution in [1.29, 1.82) is 0 Å². The van der Waals surface area contributed by atoms with Gasteiger partial charge in [-0.25, -0.2) is 0 Å². The summed E-state index contributed by atoms with van der Waals surface area (Å²) < 4.78 is 0. The first kappa shape index (κ1) is 18.0. The molecule has 0 aromatic carbocycles. The summed E-state index contributed by atoms with van der Waals surface area (Å²) in [7, 11) is 0. The summed E-state index contributed by atoms with van der Waals surface area (Å²) in [4.78, 5) is 2.54. The Labute approximate surface area is 116 Å². The van der Waals surface area contributed by atoms with Crippen molar-refractivity contribution < 1.29 is 0 Å². The molecule has 0 aliphatic heterocycles. The number of rotatable bonds is 10. The molecule has 0 N–H and O–H groups in total. The Morgan fingerprint density at radius 1 is 0.889 bits per heavy atom. The molecule has 0 fully saturated rings. The van der Waals surface area contributed by atoms with Crippen molar-refractivity contribution in [1.82, 2.24) is 4.90 Å². The van der Waals surface area contributed by atoms with E-state index in [9.17, 15) is 0 Å². The van der Waals surface area contributed by atoms with Gasteiger partial charge >= 0.3 is 0 Å². The van der Waals surface area contributed by atoms with Crippen molar-refractivity contribution >= 4 is 0 Å². The van der Waals surface area contributed by atoms with E-state index < -0.39 is 0 Å². The topological polar surface area (TPSA) is 3.24 Å². The van der Waals surface area contributed by atoms with Crippen LogP contribution in [0.5, 0.6) is 0 Å². The zero-order valence-electron chi connectivity index (χ0n) is 13.9. The summed E-state index contributed by atoms with van der Waals surface area (Å²) in [5, 5.41) is 0. The van der Waals surface area contributed by atoms with E-state index >= 15 is 0 Å². The van der Waals surface area contributed by atoms with Gasteiger partial charge in [-0.3, -0.25) is 0 Å². The van der Waals surface area contributed by atoms with E-state index in [0.29, 0.717) is 5.41 Å². The van der Waals surface area contributed by atoms with Crippen molar-refractivity contribution in [3.63, 3.8) is 0 Å². The van der Waals surface area contributed by atoms with E-state index in [-0.39, 0.29) is 0 Å². The van der Waals surface area contributed by atoms with Crippen LogP contribution in [-0.4, -0.2) is 24.5 Å². The minimum Gasteiger partial charge on any atom is -0.304 e. The summed E-state index contributed by atoms with van der Waals surface area (Å²) >= 11 is 0. The zero-order valence-corrected chi connectivity index (χ0v) is 13.9. The van der Waals surface area contributed by atoms with E-state index in [1.807, 2.05) is 0 Å². The van der Waals surface area contributed by atoms with Crippen LogP contribution >= 0.6 is 0 Å². The Bertz CT molecular complexity index is 177. The van der Waals surface area contributed by atoms with Gasteiger partial charge in [0, 0.05) is 0 Å². The number of hydrogen-bond donors (Lipinski definition) is 0. The molecule has 0 aromatic rings. The van der Waals surface area contributed by atoms with Gasteiger partial charge in [-0.1, -0.05) is 60.8 Å². The van der Waals surface area contributed by atoms with Gasteiger partial charge in [0.1, 0.15) is 0 Å². The zero-order chi connectivity index (χ0) is 14.0. The standard InChI is InChI=1S/C17H37N/c1-7-16(13-14-17(4,5)6)12-10-11-15-18(8-2)9-3/h16H,7-15H2,1-6H3/t16-/m1/s1. The maximum Gasteiger partial charge on any atom is -0.00190 e. The van der Waals surface area contributed by atoms with E-state index in [1.165, 1.54) is 58.2 Å². The van der Waals surface area contributed by atoms with Crippen LogP contribution in [0.15, 0.2) is 0 Å². The Hall–Kier alpha value is -0.0400. The minimum atomic E-state index is 0.509. The molecule has 0 saturated heterocycles. The molecule has 0 spiro atoms. The van der Waals surface area contributed by atoms with Crippen LogP contribution in [0.25, 0.3) is 0 Å². The summed E-state index contributed by atoms with van der Waals surface area (Å²) in [5.41, 5.74) is 0.509. The molecular formula is C17H37N. The lowest BCUT2D eigenvalue weighted by Crippen LogP contribution is -2.24. The van der Waals surface area contributed by atoms with Crippen LogP contribution in [-0.2, 0) is 0 Å². The summed E-state index contributed by atoms with van der Waals surface area (Å²) in [6.45, 7) is 17.7. The molecule has 0 bridgehead atoms. The fourth-order valence-electron chi connectivity index (χ4n) is 2.50. The number of nitrogens with zero attached hydrogens (tertiary/aromatic N) is 1. The van der Waals surface area contributed by atoms with Crippen molar-refractivity contribution in [2.45, 2.75) is 80.1 Å². The van der Waals surface area contributed by atoms with E-state index in [0.717, 1.165) is 5.92 Å². The lowest BCUT2D eigenvalue weighted by molar-refractivity contribution is 0.278. The molecule has 0 aliphatic carbocycles. The molecule has 1 heteroatoms. The molecule has 0 aromatic heterocycles. The average Bonchev–Trinajstić information content (AvgIpc) is 2.32. The third kappa shape index (κ3) is 9.94. The van der Waals surface area contributed by atoms with Crippen molar-refractivity contribution in [2.24, 2.45) is 11.3 Å². The van der Waals surface area contributed by atoms with Gasteiger partial charge in [-0.15, -0.1) is 0 Å². The van der Waals surface area contributed by atoms with Crippen molar-refractivity contribution in [2.75, 3.05) is 19.6 Å². The molecule has 1 nitrogen and oxygen atoms in total. The Balaban J connectivity index is 3.67. The molecule has 18 heavy (non-hydrogen) atoms. The number of hydrogen-bond acceptors (Lipinski definition) is 1. The molecule has 1 atom stereocenters. The summed E-state index contributed by atoms with van der Waals surface area (Å²) in [6.07, 6.45) is 8.40. The average molecular weight is 255 g/mol. The Kier molecular flexibility index (Phi) is 9.81. The minimum absolute atomic E-state index is 0.509. The molecule has 0 saturated carbocycles. The predicted molar refractivity (Wildman–Crippen MR) is 84.1 cm³/mol. The molecule has 0 radical (unpaired) electrons. The lowest BCUT2D eigenvalue weighted by Gasteiger charge is -2.23. The van der Waals surface area contributed by atoms with Crippen LogP contribution in [0.4, 0.5) is 0 Å². The summed E-state index contributed by atoms with van der Waals surface area (Å²) in [6, 6.07) is 0. The van der Waals surface area contributed by atoms with E-state index in [4.69, 9.17) is 0 Å². The Morgan fingerprint density at radius 2 is 1.50 bits per heavy atom. The van der Waals surface area contributed by atoms with Gasteiger partial charge in [0.2, 0.25) is 0 Å². The fraction of sp³-hybridized carbons (Fsp3) is 1.00. The predicted octanol–water partition coefficient (Wildman–Crippen LogP) is 5.35. The molecule has 0 rings (SSSR count). The van der Waals surface area contributed by atoms with Crippen LogP contribution in [0, 0.1) is 11.3 Å². The maximum absolute atomic E-state index is 2.54. The van der Waals surface area contributed by atoms with Crippen molar-refractivity contribution in [3.05, 3.63) is 0 Å². The van der Waals surface area contributed by atoms with Gasteiger partial charge in [0.25, 0.3) is 0 Å². The first-order chi connectivity index (χ1) is 8.42. The van der Waals surface area contributed by atoms with Crippen LogP contribution in [0.3, 0.4) is 0 Å². The van der Waals surface area contributed by atoms with Gasteiger partial charge in [0.15, 0.2) is 0 Å². The van der Waals surface area contributed by atoms with Gasteiger partial charge in [-0.2, -0.15) is 0 Å². The number of unbranched alkanes of at least 4 members (excludes halogenated alkanes) is 1. The van der Waals surface area contributed by atoms with Crippen LogP contribution < -0.4 is 0 Å². The second-order valence-corrected chi connectivity index (χ2v) is 6.90. The van der Waals surface area contributed by atoms with Gasteiger partial charge in [0.05, 0.1) is 0 Å². The Morgan fingerprint density at radius 3 is 1.94 bits per heavy atom. The highest BCUT2D eigenvalue weighted by atomic mass is 15.1. The lowest BCUT2D eigenvalue weighted by atomic mass is 9.84. The normalized spacial score (nSPS) is 14.2. The van der Waals surface area contributed by atoms with Crippen molar-refractivity contribution in [3.8, 4) is 0 Å². The van der Waals surface area contributed by atoms with Crippen LogP contribution in [0.1, 0.15) is 80.1 Å². The molecule has 0 heterocycles. The highest BCUT2D eigenvalue weighted by molar-refractivity contribution is 4.66. The fourth-order valence-corrected chi connectivity index (χ4v) is 2.50. The van der Waals surface area contributed by atoms with Crippen LogP contribution in [0.2, 0.25) is 0 Å².